The Labute approximate surface area is 200 Å². The van der Waals surface area contributed by atoms with E-state index in [1.807, 2.05) is 6.07 Å². The van der Waals surface area contributed by atoms with Crippen LogP contribution in [0.25, 0.3) is 0 Å². The third-order valence-corrected chi connectivity index (χ3v) is 6.64. The number of ether oxygens (including phenoxy) is 2. The van der Waals surface area contributed by atoms with E-state index >= 15 is 4.39 Å². The lowest BCUT2D eigenvalue weighted by atomic mass is 9.87. The predicted octanol–water partition coefficient (Wildman–Crippen LogP) is 6.59. The lowest BCUT2D eigenvalue weighted by Gasteiger charge is -2.38. The second kappa shape index (κ2) is 9.18. The minimum absolute atomic E-state index is 0.218. The molecule has 166 valence electrons. The molecule has 1 atom stereocenters. The summed E-state index contributed by atoms with van der Waals surface area (Å²) in [5, 5.41) is 0.837. The van der Waals surface area contributed by atoms with Gasteiger partial charge in [0.15, 0.2) is 11.5 Å². The van der Waals surface area contributed by atoms with Gasteiger partial charge in [-0.15, -0.1) is 0 Å². The van der Waals surface area contributed by atoms with E-state index in [0.29, 0.717) is 40.6 Å². The van der Waals surface area contributed by atoms with E-state index in [-0.39, 0.29) is 21.5 Å². The monoisotopic (exact) mass is 493 g/mol. The van der Waals surface area contributed by atoms with Crippen LogP contribution in [0.5, 0.6) is 11.5 Å². The maximum atomic E-state index is 15.1. The van der Waals surface area contributed by atoms with Gasteiger partial charge in [0.05, 0.1) is 30.3 Å². The smallest absolute Gasteiger partial charge is 0.254 e. The highest BCUT2D eigenvalue weighted by Crippen LogP contribution is 2.44. The van der Waals surface area contributed by atoms with Gasteiger partial charge in [-0.25, -0.2) is 4.39 Å². The second-order valence-electron chi connectivity index (χ2n) is 7.32. The van der Waals surface area contributed by atoms with Crippen molar-refractivity contribution in [2.24, 2.45) is 0 Å². The summed E-state index contributed by atoms with van der Waals surface area (Å²) in [4.78, 5) is 15.2. The van der Waals surface area contributed by atoms with Gasteiger partial charge in [0.1, 0.15) is 5.82 Å². The molecule has 4 nitrogen and oxygen atoms in total. The number of methoxy groups -OCH3 is 2. The van der Waals surface area contributed by atoms with Crippen molar-refractivity contribution in [1.29, 1.82) is 0 Å². The number of rotatable bonds is 4. The van der Waals surface area contributed by atoms with Gasteiger partial charge in [0, 0.05) is 22.7 Å². The van der Waals surface area contributed by atoms with Crippen molar-refractivity contribution in [2.45, 2.75) is 12.5 Å². The van der Waals surface area contributed by atoms with Crippen molar-refractivity contribution < 1.29 is 18.7 Å². The molecule has 3 aromatic carbocycles. The molecule has 1 unspecified atom stereocenters. The molecule has 0 saturated carbocycles. The number of nitrogens with zero attached hydrogens (tertiary/aromatic N) is 1. The first-order chi connectivity index (χ1) is 15.3. The number of hydrogen-bond donors (Lipinski definition) is 0. The van der Waals surface area contributed by atoms with E-state index in [1.54, 1.807) is 36.3 Å². The first kappa shape index (κ1) is 22.7. The van der Waals surface area contributed by atoms with Crippen LogP contribution in [0.1, 0.15) is 33.1 Å². The molecular weight excluding hydrogens is 476 g/mol. The van der Waals surface area contributed by atoms with Crippen molar-refractivity contribution in [2.75, 3.05) is 20.8 Å². The zero-order valence-electron chi connectivity index (χ0n) is 17.3. The summed E-state index contributed by atoms with van der Waals surface area (Å²) < 4.78 is 26.0. The Balaban J connectivity index is 1.91. The van der Waals surface area contributed by atoms with Crippen molar-refractivity contribution >= 4 is 40.7 Å². The van der Waals surface area contributed by atoms with Crippen LogP contribution < -0.4 is 9.47 Å². The highest BCUT2D eigenvalue weighted by atomic mass is 35.5. The maximum Gasteiger partial charge on any atom is 0.254 e. The molecule has 0 N–H and O–H groups in total. The first-order valence-electron chi connectivity index (χ1n) is 9.80. The number of carbonyl (C=O) groups excluding carboxylic acids is 1. The molecule has 3 aromatic rings. The summed E-state index contributed by atoms with van der Waals surface area (Å²) in [5.41, 5.74) is 2.20. The molecule has 0 fully saturated rings. The number of fused-ring (bicyclic) bond motifs is 1. The number of carbonyl (C=O) groups is 1. The third-order valence-electron chi connectivity index (χ3n) is 5.57. The van der Waals surface area contributed by atoms with Gasteiger partial charge in [-0.1, -0.05) is 40.9 Å². The van der Waals surface area contributed by atoms with Gasteiger partial charge >= 0.3 is 0 Å². The van der Waals surface area contributed by atoms with Gasteiger partial charge in [-0.2, -0.15) is 0 Å². The fraction of sp³-hybridized carbons (Fsp3) is 0.208. The Hall–Kier alpha value is -2.47. The van der Waals surface area contributed by atoms with Gasteiger partial charge in [0.25, 0.3) is 5.91 Å². The molecule has 0 aliphatic carbocycles. The minimum Gasteiger partial charge on any atom is -0.493 e. The van der Waals surface area contributed by atoms with Crippen molar-refractivity contribution in [3.05, 3.63) is 91.7 Å². The Bertz CT molecular complexity index is 1180. The number of amides is 1. The molecule has 0 spiro atoms. The van der Waals surface area contributed by atoms with Crippen LogP contribution in [0.3, 0.4) is 0 Å². The minimum atomic E-state index is -0.769. The van der Waals surface area contributed by atoms with E-state index in [4.69, 9.17) is 44.3 Å². The molecule has 1 heterocycles. The quantitative estimate of drug-likeness (QED) is 0.411. The lowest BCUT2D eigenvalue weighted by Crippen LogP contribution is -2.41. The second-order valence-corrected chi connectivity index (χ2v) is 8.54. The van der Waals surface area contributed by atoms with Crippen molar-refractivity contribution in [1.82, 2.24) is 4.90 Å². The average molecular weight is 495 g/mol. The molecule has 32 heavy (non-hydrogen) atoms. The van der Waals surface area contributed by atoms with E-state index in [1.165, 1.54) is 25.3 Å². The van der Waals surface area contributed by atoms with E-state index in [0.717, 1.165) is 5.56 Å². The highest BCUT2D eigenvalue weighted by molar-refractivity contribution is 6.42. The van der Waals surface area contributed by atoms with Crippen LogP contribution >= 0.6 is 34.8 Å². The average Bonchev–Trinajstić information content (AvgIpc) is 2.79. The van der Waals surface area contributed by atoms with Crippen LogP contribution in [-0.2, 0) is 6.42 Å². The number of hydrogen-bond acceptors (Lipinski definition) is 3. The fourth-order valence-electron chi connectivity index (χ4n) is 4.04. The van der Waals surface area contributed by atoms with Crippen LogP contribution in [0.15, 0.2) is 48.5 Å². The van der Waals surface area contributed by atoms with Gasteiger partial charge in [0.2, 0.25) is 0 Å². The topological polar surface area (TPSA) is 38.8 Å². The molecule has 1 amide bonds. The van der Waals surface area contributed by atoms with Crippen molar-refractivity contribution in [3.63, 3.8) is 0 Å². The first-order valence-corrected chi connectivity index (χ1v) is 10.9. The largest absolute Gasteiger partial charge is 0.493 e. The predicted molar refractivity (Wildman–Crippen MR) is 124 cm³/mol. The third kappa shape index (κ3) is 4.01. The summed E-state index contributed by atoms with van der Waals surface area (Å²) in [5.74, 6) is 0.229. The zero-order chi connectivity index (χ0) is 23.0. The van der Waals surface area contributed by atoms with Gasteiger partial charge in [-0.3, -0.25) is 4.79 Å². The molecule has 0 bridgehead atoms. The standard InChI is InChI=1S/C24H19Cl3FNO3/c1-31-20-11-13-8-9-29(24(30)14-6-7-16(25)18(27)10-14)23(15(13)12-21(20)32-2)22-17(26)4-3-5-19(22)28/h3-7,10-12,23H,8-9H2,1-2H3. The zero-order valence-corrected chi connectivity index (χ0v) is 19.6. The van der Waals surface area contributed by atoms with E-state index in [2.05, 4.69) is 0 Å². The summed E-state index contributed by atoms with van der Waals surface area (Å²) in [6.45, 7) is 0.344. The SMILES string of the molecule is COc1cc2c(cc1OC)C(c1c(F)cccc1Cl)N(C(=O)c1ccc(Cl)c(Cl)c1)CC2. The maximum absolute atomic E-state index is 15.1. The molecule has 1 aliphatic rings. The Morgan fingerprint density at radius 1 is 0.969 bits per heavy atom. The Morgan fingerprint density at radius 3 is 2.34 bits per heavy atom. The summed E-state index contributed by atoms with van der Waals surface area (Å²) in [6.07, 6.45) is 0.547. The number of benzene rings is 3. The van der Waals surface area contributed by atoms with Gasteiger partial charge < -0.3 is 14.4 Å². The summed E-state index contributed by atoms with van der Waals surface area (Å²) in [7, 11) is 3.08. The summed E-state index contributed by atoms with van der Waals surface area (Å²) >= 11 is 18.6. The van der Waals surface area contributed by atoms with Crippen LogP contribution in [-0.4, -0.2) is 31.6 Å². The fourth-order valence-corrected chi connectivity index (χ4v) is 4.61. The number of halogens is 4. The summed E-state index contributed by atoms with van der Waals surface area (Å²) in [6, 6.07) is 12.0. The van der Waals surface area contributed by atoms with E-state index in [9.17, 15) is 4.79 Å². The molecule has 0 radical (unpaired) electrons. The Morgan fingerprint density at radius 2 is 1.69 bits per heavy atom. The van der Waals surface area contributed by atoms with Crippen molar-refractivity contribution in [3.8, 4) is 11.5 Å². The normalized spacial score (nSPS) is 15.3. The molecular formula is C24H19Cl3FNO3. The molecule has 8 heteroatoms. The van der Waals surface area contributed by atoms with Gasteiger partial charge in [-0.05, 0) is 60.0 Å². The Kier molecular flexibility index (Phi) is 6.52. The molecule has 1 aliphatic heterocycles. The van der Waals surface area contributed by atoms with E-state index < -0.39 is 11.9 Å². The molecule has 0 saturated heterocycles. The van der Waals surface area contributed by atoms with Crippen LogP contribution in [0, 0.1) is 5.82 Å². The highest BCUT2D eigenvalue weighted by Gasteiger charge is 2.36. The van der Waals surface area contributed by atoms with Crippen LogP contribution in [0.2, 0.25) is 15.1 Å². The van der Waals surface area contributed by atoms with Crippen LogP contribution in [0.4, 0.5) is 4.39 Å². The molecule has 0 aromatic heterocycles. The lowest BCUT2D eigenvalue weighted by molar-refractivity contribution is 0.0691. The molecule has 4 rings (SSSR count).